The van der Waals surface area contributed by atoms with E-state index in [0.29, 0.717) is 130 Å². The van der Waals surface area contributed by atoms with Crippen molar-refractivity contribution in [2.24, 2.45) is 5.41 Å². The molecule has 0 bridgehead atoms. The molecule has 8 aromatic rings. The number of aromatic hydroxyl groups is 8. The lowest BCUT2D eigenvalue weighted by Crippen LogP contribution is -2.25. The van der Waals surface area contributed by atoms with Crippen molar-refractivity contribution in [1.82, 2.24) is 0 Å². The molecule has 27 heteroatoms. The second kappa shape index (κ2) is 61.2. The Bertz CT molecular complexity index is 4290. The fraction of sp³-hybridized carbons (Fsp3) is 0.534. The van der Waals surface area contributed by atoms with Crippen LogP contribution in [-0.4, -0.2) is 206 Å². The van der Waals surface area contributed by atoms with E-state index in [1.165, 1.54) is 30.4 Å². The van der Waals surface area contributed by atoms with Gasteiger partial charge in [-0.3, -0.25) is 0 Å². The van der Waals surface area contributed by atoms with Gasteiger partial charge in [0.05, 0.1) is 66.1 Å². The zero-order chi connectivity index (χ0) is 98.2. The van der Waals surface area contributed by atoms with Crippen molar-refractivity contribution in [2.45, 2.75) is 237 Å². The molecule has 8 aromatic carbocycles. The van der Waals surface area contributed by atoms with E-state index in [2.05, 4.69) is 69.2 Å². The number of methoxy groups -OCH3 is 10. The zero-order valence-electron chi connectivity index (χ0n) is 81.3. The average Bonchev–Trinajstić information content (AvgIpc) is 0.768. The van der Waals surface area contributed by atoms with Gasteiger partial charge in [-0.2, -0.15) is 0 Å². The van der Waals surface area contributed by atoms with E-state index in [-0.39, 0.29) is 136 Å². The number of halogens is 1. The Hall–Kier alpha value is -8.63. The third-order valence-electron chi connectivity index (χ3n) is 22.2. The van der Waals surface area contributed by atoms with Crippen LogP contribution < -0.4 is 0 Å². The van der Waals surface area contributed by atoms with Gasteiger partial charge >= 0.3 is 0 Å². The Morgan fingerprint density at radius 3 is 0.877 bits per heavy atom. The molecule has 0 radical (unpaired) electrons. The predicted octanol–water partition coefficient (Wildman–Crippen LogP) is 15.1. The molecule has 730 valence electrons. The summed E-state index contributed by atoms with van der Waals surface area (Å²) in [6, 6.07) is 25.7. The first-order valence-electron chi connectivity index (χ1n) is 43.9. The highest BCUT2D eigenvalue weighted by molar-refractivity contribution is 5.56. The number of benzene rings is 8. The molecule has 26 nitrogen and oxygen atoms in total. The number of rotatable bonds is 43. The van der Waals surface area contributed by atoms with Crippen LogP contribution in [0.4, 0.5) is 4.39 Å². The highest BCUT2D eigenvalue weighted by atomic mass is 19.1. The van der Waals surface area contributed by atoms with Crippen LogP contribution >= 0.6 is 0 Å². The van der Waals surface area contributed by atoms with Crippen LogP contribution in [0, 0.1) is 25.1 Å². The smallest absolute Gasteiger partial charge is 0.126 e. The van der Waals surface area contributed by atoms with Gasteiger partial charge in [0.25, 0.3) is 0 Å². The normalized spacial score (nSPS) is 11.5. The summed E-state index contributed by atoms with van der Waals surface area (Å²) in [5.74, 6) is 1.51. The molecule has 0 fully saturated rings. The molecular weight excluding hydrogens is 1670 g/mol. The fourth-order valence-electron chi connectivity index (χ4n) is 15.4. The minimum absolute atomic E-state index is 0.00134. The summed E-state index contributed by atoms with van der Waals surface area (Å²) in [5, 5.41) is 154. The molecular formula is C103H155FO26. The molecule has 16 N–H and O–H groups in total. The highest BCUT2D eigenvalue weighted by Crippen LogP contribution is 2.43. The fourth-order valence-corrected chi connectivity index (χ4v) is 15.4. The van der Waals surface area contributed by atoms with E-state index in [1.54, 1.807) is 64.0 Å². The first kappa shape index (κ1) is 117. The molecule has 0 aliphatic rings. The van der Waals surface area contributed by atoms with Gasteiger partial charge < -0.3 is 129 Å². The standard InChI is InChI=1S/C23H32O6.C18H30O3.C14H22O4.C14H22O3.C12H18O4.C12H18O3.C10H13FO3/c1-23(2,19-9-15(5-7-24)21(26)16(10-19)6-8-25)20-11-17(13-28-3)22(27)18(12-20)14-29-4;1-17(2,3)12-18(4,5)15-9-13(7-8-19)16(20)14(10-15)11-21-6;1-9-11(5-6-15)14(16)13(8-18-4)10(2)12(9)7-17-3;1-4-10(2)12-7-11(5-6-15)14(16)13(8-12)9-17-3;1-15-7-9-5-10(3-4-13)12(14)11(6-9)8-16-2;1-3-9-6-10(4-5-13)12(14)11(7-9)8-15-2;1-14-6-8-5-9(11)4-7(2-3-12)10(8)13/h9-12,24-27H,5-8,13-14H2,1-4H3;9-10,19-20H,7-8,11-12H2,1-6H3;15-16H,5-8H2,1-4H3;7-8,10,15-16H,4-6,9H2,1-3H3;5-6,13-14H,3-4,7-8H2,1-2H3;6-7,13-14H,3-5,8H2,1-2H3;4-5,12-13H,2-3,6H2,1H3. The van der Waals surface area contributed by atoms with Crippen LogP contribution in [0.5, 0.6) is 46.0 Å². The summed E-state index contributed by atoms with van der Waals surface area (Å²) in [6.45, 7) is 29.0. The second-order valence-corrected chi connectivity index (χ2v) is 34.3. The number of aryl methyl sites for hydroxylation is 1. The second-order valence-electron chi connectivity index (χ2n) is 34.3. The third-order valence-corrected chi connectivity index (χ3v) is 22.2. The molecule has 1 atom stereocenters. The average molecular weight is 1830 g/mol. The van der Waals surface area contributed by atoms with E-state index < -0.39 is 11.2 Å². The SMILES string of the molecule is CCC(C)c1cc(CCO)c(O)c(COC)c1.CCc1cc(CCO)c(O)c(COC)c1.COCc1c(C)c(CCO)c(O)c(COC)c1C.COCc1cc(C(C)(C)CC(C)(C)C)cc(CCO)c1O.COCc1cc(C(C)(C)c2cc(CCO)c(O)c(CCO)c2)cc(COC)c1O.COCc1cc(CCO)c(O)c(COC)c1.COCc1cc(F)cc(CCO)c1O. The number of aliphatic hydroxyl groups excluding tert-OH is 8. The quantitative estimate of drug-likeness (QED) is 0.0169. The molecule has 8 rings (SSSR count). The van der Waals surface area contributed by atoms with Gasteiger partial charge in [0.2, 0.25) is 0 Å². The molecule has 0 saturated heterocycles. The van der Waals surface area contributed by atoms with E-state index in [4.69, 9.17) is 72.9 Å². The topological polar surface area (TPSA) is 416 Å². The van der Waals surface area contributed by atoms with Crippen LogP contribution in [0.3, 0.4) is 0 Å². The molecule has 1 unspecified atom stereocenters. The van der Waals surface area contributed by atoms with Gasteiger partial charge in [-0.15, -0.1) is 0 Å². The van der Waals surface area contributed by atoms with Crippen molar-refractivity contribution in [3.63, 3.8) is 0 Å². The Labute approximate surface area is 771 Å². The Morgan fingerprint density at radius 1 is 0.285 bits per heavy atom. The maximum absolute atomic E-state index is 13.0. The summed E-state index contributed by atoms with van der Waals surface area (Å²) in [4.78, 5) is 0. The van der Waals surface area contributed by atoms with Crippen LogP contribution in [0.25, 0.3) is 0 Å². The van der Waals surface area contributed by atoms with Crippen molar-refractivity contribution < 1.29 is 133 Å². The van der Waals surface area contributed by atoms with Gasteiger partial charge in [-0.25, -0.2) is 4.39 Å². The molecule has 130 heavy (non-hydrogen) atoms. The van der Waals surface area contributed by atoms with Crippen molar-refractivity contribution in [2.75, 3.05) is 124 Å². The summed E-state index contributed by atoms with van der Waals surface area (Å²) in [7, 11) is 15.9. The lowest BCUT2D eigenvalue weighted by atomic mass is 9.71. The number of ether oxygens (including phenoxy) is 10. The Balaban J connectivity index is 0.000000521. The molecule has 0 aliphatic carbocycles. The van der Waals surface area contributed by atoms with E-state index in [9.17, 15) is 60.6 Å². The molecule has 0 aliphatic heterocycles. The maximum atomic E-state index is 13.0. The summed E-state index contributed by atoms with van der Waals surface area (Å²) < 4.78 is 64.0. The number of aliphatic hydroxyl groups is 8. The van der Waals surface area contributed by atoms with Gasteiger partial charge in [0.1, 0.15) is 51.8 Å². The van der Waals surface area contributed by atoms with Crippen LogP contribution in [0.2, 0.25) is 0 Å². The largest absolute Gasteiger partial charge is 0.507 e. The van der Waals surface area contributed by atoms with Crippen molar-refractivity contribution >= 4 is 0 Å². The lowest BCUT2D eigenvalue weighted by molar-refractivity contribution is 0.174. The molecule has 0 saturated carbocycles. The highest BCUT2D eigenvalue weighted by Gasteiger charge is 2.31. The minimum Gasteiger partial charge on any atom is -0.507 e. The molecule has 0 aromatic heterocycles. The molecule has 0 heterocycles. The van der Waals surface area contributed by atoms with Gasteiger partial charge in [0.15, 0.2) is 0 Å². The molecule has 0 amide bonds. The number of hydrogen-bond donors (Lipinski definition) is 16. The number of hydrogen-bond acceptors (Lipinski definition) is 26. The van der Waals surface area contributed by atoms with Crippen molar-refractivity contribution in [1.29, 1.82) is 0 Å². The monoisotopic (exact) mass is 1830 g/mol. The molecule has 0 spiro atoms. The van der Waals surface area contributed by atoms with Crippen molar-refractivity contribution in [3.8, 4) is 46.0 Å². The van der Waals surface area contributed by atoms with E-state index >= 15 is 0 Å². The summed E-state index contributed by atoms with van der Waals surface area (Å²) >= 11 is 0. The third kappa shape index (κ3) is 36.7. The Morgan fingerprint density at radius 2 is 0.531 bits per heavy atom. The first-order chi connectivity index (χ1) is 61.7. The summed E-state index contributed by atoms with van der Waals surface area (Å²) in [6.07, 6.45) is 6.18. The summed E-state index contributed by atoms with van der Waals surface area (Å²) in [5.41, 5.74) is 20.4. The lowest BCUT2D eigenvalue weighted by Gasteiger charge is -2.33. The number of phenols is 8. The van der Waals surface area contributed by atoms with E-state index in [1.807, 2.05) is 86.6 Å². The van der Waals surface area contributed by atoms with Crippen molar-refractivity contribution in [3.05, 3.63) is 230 Å². The van der Waals surface area contributed by atoms with Crippen LogP contribution in [0.1, 0.15) is 227 Å². The maximum Gasteiger partial charge on any atom is 0.126 e. The zero-order valence-corrected chi connectivity index (χ0v) is 81.3. The van der Waals surface area contributed by atoms with Gasteiger partial charge in [-0.1, -0.05) is 99.6 Å². The van der Waals surface area contributed by atoms with Gasteiger partial charge in [-0.05, 0) is 250 Å². The van der Waals surface area contributed by atoms with Crippen LogP contribution in [0.15, 0.2) is 84.9 Å². The minimum atomic E-state index is -0.471. The Kier molecular flexibility index (Phi) is 55.3. The predicted molar refractivity (Wildman–Crippen MR) is 505 cm³/mol. The first-order valence-corrected chi connectivity index (χ1v) is 43.9. The number of phenolic OH excluding ortho intramolecular Hbond substituents is 8. The van der Waals surface area contributed by atoms with Gasteiger partial charge in [0, 0.05) is 174 Å². The van der Waals surface area contributed by atoms with Crippen LogP contribution in [-0.2, 0) is 182 Å². The van der Waals surface area contributed by atoms with E-state index in [0.717, 1.165) is 114 Å².